The molecule has 2 rings (SSSR count). The van der Waals surface area contributed by atoms with Crippen LogP contribution in [0.4, 0.5) is 0 Å². The summed E-state index contributed by atoms with van der Waals surface area (Å²) < 4.78 is 0. The number of nitrogens with zero attached hydrogens (tertiary/aromatic N) is 2. The molecule has 6 heteroatoms. The summed E-state index contributed by atoms with van der Waals surface area (Å²) in [4.78, 5) is 20.0. The maximum absolute atomic E-state index is 11.8. The average molecular weight is 282 g/mol. The summed E-state index contributed by atoms with van der Waals surface area (Å²) >= 11 is 7.39. The molecule has 1 atom stereocenters. The van der Waals surface area contributed by atoms with Crippen LogP contribution in [-0.4, -0.2) is 22.4 Å². The first kappa shape index (κ1) is 13.0. The molecule has 1 unspecified atom stereocenters. The monoisotopic (exact) mass is 281 g/mol. The first-order valence-electron chi connectivity index (χ1n) is 5.46. The van der Waals surface area contributed by atoms with Gasteiger partial charge in [0.15, 0.2) is 0 Å². The predicted molar refractivity (Wildman–Crippen MR) is 72.1 cm³/mol. The molecule has 0 saturated carbocycles. The van der Waals surface area contributed by atoms with E-state index >= 15 is 0 Å². The zero-order valence-electron chi connectivity index (χ0n) is 9.76. The molecule has 2 aromatic rings. The van der Waals surface area contributed by atoms with Crippen LogP contribution in [0.25, 0.3) is 0 Å². The van der Waals surface area contributed by atoms with E-state index in [1.54, 1.807) is 29.7 Å². The van der Waals surface area contributed by atoms with Crippen LogP contribution in [0.15, 0.2) is 29.9 Å². The van der Waals surface area contributed by atoms with Gasteiger partial charge in [-0.1, -0.05) is 18.5 Å². The molecule has 0 fully saturated rings. The third-order valence-corrected chi connectivity index (χ3v) is 3.64. The van der Waals surface area contributed by atoms with E-state index in [4.69, 9.17) is 11.6 Å². The molecule has 2 aromatic heterocycles. The van der Waals surface area contributed by atoms with E-state index in [2.05, 4.69) is 15.3 Å². The average Bonchev–Trinajstić information content (AvgIpc) is 2.89. The molecule has 2 heterocycles. The topological polar surface area (TPSA) is 54.9 Å². The van der Waals surface area contributed by atoms with Gasteiger partial charge in [-0.05, 0) is 12.1 Å². The summed E-state index contributed by atoms with van der Waals surface area (Å²) in [5.41, 5.74) is 0.328. The van der Waals surface area contributed by atoms with Crippen molar-refractivity contribution in [1.29, 1.82) is 0 Å². The summed E-state index contributed by atoms with van der Waals surface area (Å²) in [6.07, 6.45) is 3.28. The van der Waals surface area contributed by atoms with Crippen molar-refractivity contribution in [3.05, 3.63) is 45.6 Å². The number of hydrogen-bond acceptors (Lipinski definition) is 4. The van der Waals surface area contributed by atoms with Crippen LogP contribution in [0.3, 0.4) is 0 Å². The van der Waals surface area contributed by atoms with Crippen molar-refractivity contribution in [3.8, 4) is 0 Å². The first-order chi connectivity index (χ1) is 8.66. The molecule has 94 valence electrons. The zero-order valence-corrected chi connectivity index (χ0v) is 11.3. The number of aromatic nitrogens is 2. The first-order valence-corrected chi connectivity index (χ1v) is 6.71. The van der Waals surface area contributed by atoms with Gasteiger partial charge < -0.3 is 5.32 Å². The van der Waals surface area contributed by atoms with Crippen molar-refractivity contribution >= 4 is 28.8 Å². The number of thiazole rings is 1. The Kier molecular flexibility index (Phi) is 4.28. The number of carbonyl (C=O) groups is 1. The van der Waals surface area contributed by atoms with E-state index < -0.39 is 0 Å². The van der Waals surface area contributed by atoms with Crippen LogP contribution in [-0.2, 0) is 0 Å². The van der Waals surface area contributed by atoms with Gasteiger partial charge in [0.25, 0.3) is 5.91 Å². The summed E-state index contributed by atoms with van der Waals surface area (Å²) in [5, 5.41) is 6.26. The van der Waals surface area contributed by atoms with Crippen LogP contribution < -0.4 is 5.32 Å². The minimum atomic E-state index is -0.221. The Morgan fingerprint density at radius 2 is 2.33 bits per heavy atom. The van der Waals surface area contributed by atoms with E-state index in [-0.39, 0.29) is 11.8 Å². The number of amides is 1. The second-order valence-electron chi connectivity index (χ2n) is 3.84. The lowest BCUT2D eigenvalue weighted by Gasteiger charge is -2.09. The molecule has 18 heavy (non-hydrogen) atoms. The molecule has 0 aliphatic heterocycles. The van der Waals surface area contributed by atoms with E-state index in [0.29, 0.717) is 17.3 Å². The third kappa shape index (κ3) is 3.27. The predicted octanol–water partition coefficient (Wildman–Crippen LogP) is 2.73. The molecule has 0 saturated heterocycles. The van der Waals surface area contributed by atoms with Crippen LogP contribution in [0.2, 0.25) is 5.02 Å². The van der Waals surface area contributed by atoms with Crippen LogP contribution in [0, 0.1) is 0 Å². The second-order valence-corrected chi connectivity index (χ2v) is 5.20. The number of halogens is 1. The lowest BCUT2D eigenvalue weighted by atomic mass is 10.2. The van der Waals surface area contributed by atoms with E-state index in [0.717, 1.165) is 5.01 Å². The highest BCUT2D eigenvalue weighted by Gasteiger charge is 2.12. The second kappa shape index (κ2) is 5.93. The third-order valence-electron chi connectivity index (χ3n) is 2.40. The normalized spacial score (nSPS) is 12.1. The number of rotatable bonds is 4. The smallest absolute Gasteiger partial charge is 0.269 e. The standard InChI is InChI=1S/C12H12ClN3OS/c1-8(12-15-4-5-18-12)7-16-11(17)10-6-9(13)2-3-14-10/h2-6,8H,7H2,1H3,(H,16,17). The number of nitrogens with one attached hydrogen (secondary N) is 1. The van der Waals surface area contributed by atoms with E-state index in [1.165, 1.54) is 6.20 Å². The summed E-state index contributed by atoms with van der Waals surface area (Å²) in [6, 6.07) is 3.18. The molecule has 0 radical (unpaired) electrons. The molecule has 0 spiro atoms. The molecule has 0 bridgehead atoms. The fourth-order valence-electron chi connectivity index (χ4n) is 1.43. The van der Waals surface area contributed by atoms with Gasteiger partial charge in [-0.2, -0.15) is 0 Å². The fraction of sp³-hybridized carbons (Fsp3) is 0.250. The highest BCUT2D eigenvalue weighted by molar-refractivity contribution is 7.09. The molecule has 0 aromatic carbocycles. The van der Waals surface area contributed by atoms with Crippen LogP contribution in [0.5, 0.6) is 0 Å². The van der Waals surface area contributed by atoms with Crippen LogP contribution >= 0.6 is 22.9 Å². The van der Waals surface area contributed by atoms with Gasteiger partial charge in [0.2, 0.25) is 0 Å². The van der Waals surface area contributed by atoms with Gasteiger partial charge >= 0.3 is 0 Å². The Balaban J connectivity index is 1.92. The molecule has 0 aliphatic rings. The van der Waals surface area contributed by atoms with Gasteiger partial charge in [0.05, 0.1) is 5.01 Å². The van der Waals surface area contributed by atoms with Crippen molar-refractivity contribution in [1.82, 2.24) is 15.3 Å². The Hall–Kier alpha value is -1.46. The molecule has 1 amide bonds. The van der Waals surface area contributed by atoms with Gasteiger partial charge in [-0.15, -0.1) is 11.3 Å². The summed E-state index contributed by atoms with van der Waals surface area (Å²) in [7, 11) is 0. The highest BCUT2D eigenvalue weighted by Crippen LogP contribution is 2.16. The maximum Gasteiger partial charge on any atom is 0.269 e. The lowest BCUT2D eigenvalue weighted by Crippen LogP contribution is -2.28. The summed E-state index contributed by atoms with van der Waals surface area (Å²) in [5.74, 6) is -0.0333. The Labute approximate surface area is 114 Å². The quantitative estimate of drug-likeness (QED) is 0.937. The minimum absolute atomic E-state index is 0.188. The van der Waals surface area contributed by atoms with Gasteiger partial charge in [-0.3, -0.25) is 9.78 Å². The summed E-state index contributed by atoms with van der Waals surface area (Å²) in [6.45, 7) is 2.55. The molecular formula is C12H12ClN3OS. The fourth-order valence-corrected chi connectivity index (χ4v) is 2.29. The Bertz CT molecular complexity index is 530. The largest absolute Gasteiger partial charge is 0.350 e. The van der Waals surface area contributed by atoms with Gasteiger partial charge in [0, 0.05) is 35.3 Å². The van der Waals surface area contributed by atoms with Gasteiger partial charge in [0.1, 0.15) is 5.69 Å². The Morgan fingerprint density at radius 3 is 3.00 bits per heavy atom. The SMILES string of the molecule is CC(CNC(=O)c1cc(Cl)ccn1)c1nccs1. The van der Waals surface area contributed by atoms with Crippen molar-refractivity contribution in [3.63, 3.8) is 0 Å². The Morgan fingerprint density at radius 1 is 1.50 bits per heavy atom. The van der Waals surface area contributed by atoms with Crippen molar-refractivity contribution in [2.45, 2.75) is 12.8 Å². The van der Waals surface area contributed by atoms with Crippen molar-refractivity contribution in [2.75, 3.05) is 6.54 Å². The maximum atomic E-state index is 11.8. The number of carbonyl (C=O) groups excluding carboxylic acids is 1. The molecule has 1 N–H and O–H groups in total. The van der Waals surface area contributed by atoms with E-state index in [9.17, 15) is 4.79 Å². The minimum Gasteiger partial charge on any atom is -0.350 e. The number of hydrogen-bond donors (Lipinski definition) is 1. The highest BCUT2D eigenvalue weighted by atomic mass is 35.5. The lowest BCUT2D eigenvalue weighted by molar-refractivity contribution is 0.0946. The molecular weight excluding hydrogens is 270 g/mol. The van der Waals surface area contributed by atoms with E-state index in [1.807, 2.05) is 12.3 Å². The molecule has 0 aliphatic carbocycles. The van der Waals surface area contributed by atoms with Crippen molar-refractivity contribution < 1.29 is 4.79 Å². The van der Waals surface area contributed by atoms with Gasteiger partial charge in [-0.25, -0.2) is 4.98 Å². The number of pyridine rings is 1. The van der Waals surface area contributed by atoms with Crippen molar-refractivity contribution in [2.24, 2.45) is 0 Å². The van der Waals surface area contributed by atoms with Crippen LogP contribution in [0.1, 0.15) is 28.3 Å². The zero-order chi connectivity index (χ0) is 13.0. The molecule has 4 nitrogen and oxygen atoms in total.